The molecule has 3 heteroatoms. The summed E-state index contributed by atoms with van der Waals surface area (Å²) in [6.07, 6.45) is 2.11. The van der Waals surface area contributed by atoms with E-state index in [1.807, 2.05) is 13.0 Å². The molecule has 1 fully saturated rings. The van der Waals surface area contributed by atoms with Crippen LogP contribution in [0.2, 0.25) is 0 Å². The van der Waals surface area contributed by atoms with Crippen molar-refractivity contribution < 1.29 is 4.39 Å². The van der Waals surface area contributed by atoms with Crippen LogP contribution in [0.25, 0.3) is 0 Å². The quantitative estimate of drug-likeness (QED) is 0.781. The second-order valence-electron chi connectivity index (χ2n) is 3.99. The number of benzene rings is 1. The van der Waals surface area contributed by atoms with Crippen LogP contribution in [0.3, 0.4) is 0 Å². The maximum absolute atomic E-state index is 13.6. The van der Waals surface area contributed by atoms with Crippen LogP contribution in [-0.2, 0) is 0 Å². The van der Waals surface area contributed by atoms with Crippen LogP contribution in [0.4, 0.5) is 4.39 Å². The van der Waals surface area contributed by atoms with Crippen molar-refractivity contribution in [1.82, 2.24) is 5.32 Å². The monoisotopic (exact) mass is 229 g/mol. The highest BCUT2D eigenvalue weighted by Gasteiger charge is 2.19. The van der Waals surface area contributed by atoms with Crippen molar-refractivity contribution in [2.45, 2.75) is 25.7 Å². The van der Waals surface area contributed by atoms with Gasteiger partial charge in [0.15, 0.2) is 0 Å². The number of rotatable bonds is 1. The van der Waals surface area contributed by atoms with Crippen molar-refractivity contribution in [2.24, 2.45) is 0 Å². The van der Waals surface area contributed by atoms with Gasteiger partial charge in [0.25, 0.3) is 0 Å². The van der Waals surface area contributed by atoms with E-state index in [0.717, 1.165) is 37.1 Å². The average molecular weight is 230 g/mol. The van der Waals surface area contributed by atoms with Crippen LogP contribution < -0.4 is 5.32 Å². The molecule has 0 saturated carbocycles. The Hall–Kier alpha value is -0.600. The van der Waals surface area contributed by atoms with Gasteiger partial charge in [0.1, 0.15) is 5.82 Å². The van der Waals surface area contributed by atoms with Crippen LogP contribution >= 0.6 is 12.4 Å². The third kappa shape index (κ3) is 2.70. The molecular weight excluding hydrogens is 213 g/mol. The lowest BCUT2D eigenvalue weighted by molar-refractivity contribution is 0.443. The molecule has 1 aliphatic rings. The fourth-order valence-electron chi connectivity index (χ4n) is 2.27. The first-order valence-electron chi connectivity index (χ1n) is 5.25. The third-order valence-electron chi connectivity index (χ3n) is 3.02. The van der Waals surface area contributed by atoms with E-state index < -0.39 is 0 Å². The summed E-state index contributed by atoms with van der Waals surface area (Å²) in [6.45, 7) is 4.03. The minimum absolute atomic E-state index is 0. The zero-order valence-corrected chi connectivity index (χ0v) is 9.74. The molecular formula is C12H17ClFN. The average Bonchev–Trinajstić information content (AvgIpc) is 2.19. The van der Waals surface area contributed by atoms with E-state index in [-0.39, 0.29) is 18.2 Å². The summed E-state index contributed by atoms with van der Waals surface area (Å²) < 4.78 is 13.6. The predicted octanol–water partition coefficient (Wildman–Crippen LogP) is 3.02. The van der Waals surface area contributed by atoms with Gasteiger partial charge in [-0.3, -0.25) is 0 Å². The summed E-state index contributed by atoms with van der Waals surface area (Å²) in [5.41, 5.74) is 2.03. The van der Waals surface area contributed by atoms with E-state index in [1.165, 1.54) is 0 Å². The van der Waals surface area contributed by atoms with Gasteiger partial charge in [-0.25, -0.2) is 4.39 Å². The van der Waals surface area contributed by atoms with Gasteiger partial charge >= 0.3 is 0 Å². The number of hydrogen-bond acceptors (Lipinski definition) is 1. The summed E-state index contributed by atoms with van der Waals surface area (Å²) in [5.74, 6) is 0.384. The summed E-state index contributed by atoms with van der Waals surface area (Å²) in [6, 6.07) is 5.36. The molecule has 1 aliphatic heterocycles. The number of aryl methyl sites for hydroxylation is 1. The summed E-state index contributed by atoms with van der Waals surface area (Å²) in [4.78, 5) is 0. The Morgan fingerprint density at radius 2 is 1.93 bits per heavy atom. The Labute approximate surface area is 96.5 Å². The van der Waals surface area contributed by atoms with Gasteiger partial charge in [0.2, 0.25) is 0 Å². The molecule has 0 aromatic heterocycles. The molecule has 0 aliphatic carbocycles. The Kier molecular flexibility index (Phi) is 4.55. The van der Waals surface area contributed by atoms with Crippen LogP contribution in [0.1, 0.15) is 29.9 Å². The van der Waals surface area contributed by atoms with Gasteiger partial charge in [0.05, 0.1) is 0 Å². The maximum Gasteiger partial charge on any atom is 0.126 e. The Morgan fingerprint density at radius 3 is 2.53 bits per heavy atom. The van der Waals surface area contributed by atoms with E-state index in [0.29, 0.717) is 5.92 Å². The van der Waals surface area contributed by atoms with E-state index in [9.17, 15) is 4.39 Å². The Bertz CT molecular complexity index is 301. The zero-order chi connectivity index (χ0) is 9.97. The topological polar surface area (TPSA) is 12.0 Å². The molecule has 1 nitrogen and oxygen atoms in total. The second kappa shape index (κ2) is 5.47. The molecule has 0 bridgehead atoms. The summed E-state index contributed by atoms with van der Waals surface area (Å²) in [7, 11) is 0. The lowest BCUT2D eigenvalue weighted by Gasteiger charge is -2.24. The molecule has 0 radical (unpaired) electrons. The van der Waals surface area contributed by atoms with Crippen LogP contribution in [0.15, 0.2) is 18.2 Å². The normalized spacial score (nSPS) is 17.2. The molecule has 15 heavy (non-hydrogen) atoms. The highest BCUT2D eigenvalue weighted by molar-refractivity contribution is 5.85. The van der Waals surface area contributed by atoms with Crippen molar-refractivity contribution >= 4 is 12.4 Å². The molecule has 0 atom stereocenters. The van der Waals surface area contributed by atoms with Gasteiger partial charge in [-0.2, -0.15) is 0 Å². The number of hydrogen-bond donors (Lipinski definition) is 1. The van der Waals surface area contributed by atoms with E-state index in [4.69, 9.17) is 0 Å². The van der Waals surface area contributed by atoms with E-state index in [1.54, 1.807) is 12.1 Å². The predicted molar refractivity (Wildman–Crippen MR) is 63.2 cm³/mol. The molecule has 0 spiro atoms. The number of halogens is 2. The van der Waals surface area contributed by atoms with Crippen molar-refractivity contribution in [3.63, 3.8) is 0 Å². The molecule has 84 valence electrons. The minimum Gasteiger partial charge on any atom is -0.317 e. The molecule has 1 aromatic carbocycles. The molecule has 1 N–H and O–H groups in total. The molecule has 1 aromatic rings. The van der Waals surface area contributed by atoms with E-state index >= 15 is 0 Å². The first kappa shape index (κ1) is 12.5. The highest BCUT2D eigenvalue weighted by Crippen LogP contribution is 2.29. The van der Waals surface area contributed by atoms with Crippen molar-refractivity contribution in [2.75, 3.05) is 13.1 Å². The molecule has 1 heterocycles. The van der Waals surface area contributed by atoms with Crippen molar-refractivity contribution in [3.05, 3.63) is 35.1 Å². The first-order valence-corrected chi connectivity index (χ1v) is 5.25. The fourth-order valence-corrected chi connectivity index (χ4v) is 2.27. The SMILES string of the molecule is Cc1cccc(F)c1C1CCNCC1.Cl. The van der Waals surface area contributed by atoms with Gasteiger partial charge in [-0.1, -0.05) is 12.1 Å². The number of piperidine rings is 1. The summed E-state index contributed by atoms with van der Waals surface area (Å²) in [5, 5.41) is 3.30. The highest BCUT2D eigenvalue weighted by atomic mass is 35.5. The lowest BCUT2D eigenvalue weighted by atomic mass is 9.87. The lowest BCUT2D eigenvalue weighted by Crippen LogP contribution is -2.27. The maximum atomic E-state index is 13.6. The minimum atomic E-state index is -0.0306. The smallest absolute Gasteiger partial charge is 0.126 e. The van der Waals surface area contributed by atoms with Gasteiger partial charge < -0.3 is 5.32 Å². The molecule has 0 amide bonds. The van der Waals surface area contributed by atoms with E-state index in [2.05, 4.69) is 5.32 Å². The van der Waals surface area contributed by atoms with Gasteiger partial charge in [-0.15, -0.1) is 12.4 Å². The molecule has 1 saturated heterocycles. The third-order valence-corrected chi connectivity index (χ3v) is 3.02. The first-order chi connectivity index (χ1) is 6.79. The van der Waals surface area contributed by atoms with Gasteiger partial charge in [-0.05, 0) is 56.0 Å². The van der Waals surface area contributed by atoms with Crippen molar-refractivity contribution in [1.29, 1.82) is 0 Å². The Morgan fingerprint density at radius 1 is 1.27 bits per heavy atom. The molecule has 2 rings (SSSR count). The van der Waals surface area contributed by atoms with Crippen LogP contribution in [0.5, 0.6) is 0 Å². The van der Waals surface area contributed by atoms with Gasteiger partial charge in [0, 0.05) is 0 Å². The van der Waals surface area contributed by atoms with Crippen LogP contribution in [0, 0.1) is 12.7 Å². The standard InChI is InChI=1S/C12H16FN.ClH/c1-9-3-2-4-11(13)12(9)10-5-7-14-8-6-10;/h2-4,10,14H,5-8H2,1H3;1H. The van der Waals surface area contributed by atoms with Crippen LogP contribution in [-0.4, -0.2) is 13.1 Å². The fraction of sp³-hybridized carbons (Fsp3) is 0.500. The number of nitrogens with one attached hydrogen (secondary N) is 1. The second-order valence-corrected chi connectivity index (χ2v) is 3.99. The zero-order valence-electron chi connectivity index (χ0n) is 8.92. The summed E-state index contributed by atoms with van der Waals surface area (Å²) >= 11 is 0. The largest absolute Gasteiger partial charge is 0.317 e. The Balaban J connectivity index is 0.00000112. The molecule has 0 unspecified atom stereocenters. The van der Waals surface area contributed by atoms with Crippen molar-refractivity contribution in [3.8, 4) is 0 Å².